The molecule has 18 heavy (non-hydrogen) atoms. The van der Waals surface area contributed by atoms with E-state index in [-0.39, 0.29) is 0 Å². The number of hydrogen-bond donors (Lipinski definition) is 0. The van der Waals surface area contributed by atoms with Crippen molar-refractivity contribution in [3.8, 4) is 0 Å². The Balaban J connectivity index is 1.55. The first-order valence-electron chi connectivity index (χ1n) is 8.15. The van der Waals surface area contributed by atoms with Gasteiger partial charge in [-0.05, 0) is 70.0 Å². The Hall–Kier alpha value is -0.0800. The Morgan fingerprint density at radius 1 is 1.06 bits per heavy atom. The molecule has 1 saturated carbocycles. The molecule has 2 heterocycles. The molecule has 2 nitrogen and oxygen atoms in total. The quantitative estimate of drug-likeness (QED) is 0.757. The number of rotatable bonds is 4. The first-order chi connectivity index (χ1) is 8.68. The lowest BCUT2D eigenvalue weighted by molar-refractivity contribution is 0.0459. The minimum absolute atomic E-state index is 0.621. The van der Waals surface area contributed by atoms with Gasteiger partial charge in [0.2, 0.25) is 0 Å². The summed E-state index contributed by atoms with van der Waals surface area (Å²) < 4.78 is 0. The van der Waals surface area contributed by atoms with E-state index in [4.69, 9.17) is 0 Å². The van der Waals surface area contributed by atoms with Gasteiger partial charge < -0.3 is 4.90 Å². The lowest BCUT2D eigenvalue weighted by Crippen LogP contribution is -2.53. The topological polar surface area (TPSA) is 6.48 Å². The first-order valence-corrected chi connectivity index (χ1v) is 8.15. The van der Waals surface area contributed by atoms with Gasteiger partial charge in [0.05, 0.1) is 0 Å². The van der Waals surface area contributed by atoms with Crippen LogP contribution < -0.4 is 0 Å². The van der Waals surface area contributed by atoms with Gasteiger partial charge in [-0.3, -0.25) is 4.90 Å². The zero-order valence-corrected chi connectivity index (χ0v) is 12.3. The van der Waals surface area contributed by atoms with E-state index < -0.39 is 0 Å². The van der Waals surface area contributed by atoms with Gasteiger partial charge in [-0.15, -0.1) is 0 Å². The van der Waals surface area contributed by atoms with E-state index in [1.165, 1.54) is 71.2 Å². The fourth-order valence-corrected chi connectivity index (χ4v) is 4.13. The number of likely N-dealkylation sites (tertiary alicyclic amines) is 2. The summed E-state index contributed by atoms with van der Waals surface area (Å²) in [4.78, 5) is 5.58. The highest BCUT2D eigenvalue weighted by Crippen LogP contribution is 2.41. The fraction of sp³-hybridized carbons (Fsp3) is 1.00. The second-order valence-electron chi connectivity index (χ2n) is 7.41. The number of nitrogens with zero attached hydrogens (tertiary/aromatic N) is 2. The predicted molar refractivity (Wildman–Crippen MR) is 76.8 cm³/mol. The molecular weight excluding hydrogens is 220 g/mol. The van der Waals surface area contributed by atoms with Crippen molar-refractivity contribution >= 4 is 0 Å². The summed E-state index contributed by atoms with van der Waals surface area (Å²) in [5, 5.41) is 0. The molecule has 0 radical (unpaired) electrons. The van der Waals surface area contributed by atoms with E-state index >= 15 is 0 Å². The van der Waals surface area contributed by atoms with E-state index in [1.807, 2.05) is 0 Å². The van der Waals surface area contributed by atoms with Crippen LogP contribution in [0.15, 0.2) is 0 Å². The van der Waals surface area contributed by atoms with Crippen molar-refractivity contribution < 1.29 is 0 Å². The molecule has 0 aromatic carbocycles. The zero-order valence-electron chi connectivity index (χ0n) is 12.3. The van der Waals surface area contributed by atoms with Crippen LogP contribution in [0.25, 0.3) is 0 Å². The SMILES string of the molecule is CC(C)CN1CCC2(CCCN2CC2CC2)CC1. The standard InChI is InChI=1S/C16H30N2/c1-14(2)12-17-10-7-16(8-11-17)6-3-9-18(16)13-15-4-5-15/h14-15H,3-13H2,1-2H3. The van der Waals surface area contributed by atoms with Crippen LogP contribution in [0, 0.1) is 11.8 Å². The van der Waals surface area contributed by atoms with Crippen LogP contribution in [0.1, 0.15) is 52.4 Å². The maximum absolute atomic E-state index is 2.89. The van der Waals surface area contributed by atoms with Crippen molar-refractivity contribution in [1.29, 1.82) is 0 Å². The third-order valence-corrected chi connectivity index (χ3v) is 5.33. The van der Waals surface area contributed by atoms with Gasteiger partial charge in [0.25, 0.3) is 0 Å². The van der Waals surface area contributed by atoms with Crippen molar-refractivity contribution in [3.63, 3.8) is 0 Å². The highest BCUT2D eigenvalue weighted by Gasteiger charge is 2.44. The van der Waals surface area contributed by atoms with E-state index in [0.717, 1.165) is 11.8 Å². The number of piperidine rings is 1. The van der Waals surface area contributed by atoms with Gasteiger partial charge in [0.15, 0.2) is 0 Å². The molecule has 104 valence electrons. The molecular formula is C16H30N2. The Kier molecular flexibility index (Phi) is 3.68. The van der Waals surface area contributed by atoms with Crippen molar-refractivity contribution in [3.05, 3.63) is 0 Å². The van der Waals surface area contributed by atoms with E-state index in [2.05, 4.69) is 23.6 Å². The average molecular weight is 250 g/mol. The summed E-state index contributed by atoms with van der Waals surface area (Å²) >= 11 is 0. The zero-order chi connectivity index (χ0) is 12.6. The lowest BCUT2D eigenvalue weighted by Gasteiger charge is -2.45. The molecule has 0 unspecified atom stereocenters. The maximum Gasteiger partial charge on any atom is 0.0234 e. The predicted octanol–water partition coefficient (Wildman–Crippen LogP) is 2.98. The molecule has 3 aliphatic rings. The van der Waals surface area contributed by atoms with Gasteiger partial charge >= 0.3 is 0 Å². The summed E-state index contributed by atoms with van der Waals surface area (Å²) in [6.07, 6.45) is 8.82. The van der Waals surface area contributed by atoms with Crippen LogP contribution >= 0.6 is 0 Å². The van der Waals surface area contributed by atoms with Crippen molar-refractivity contribution in [2.75, 3.05) is 32.7 Å². The Morgan fingerprint density at radius 3 is 2.39 bits per heavy atom. The van der Waals surface area contributed by atoms with Crippen LogP contribution in [0.5, 0.6) is 0 Å². The summed E-state index contributed by atoms with van der Waals surface area (Å²) in [6, 6.07) is 0. The monoisotopic (exact) mass is 250 g/mol. The van der Waals surface area contributed by atoms with Gasteiger partial charge in [-0.25, -0.2) is 0 Å². The third kappa shape index (κ3) is 2.75. The fourth-order valence-electron chi connectivity index (χ4n) is 4.13. The summed E-state index contributed by atoms with van der Waals surface area (Å²) in [7, 11) is 0. The summed E-state index contributed by atoms with van der Waals surface area (Å²) in [5.74, 6) is 1.89. The van der Waals surface area contributed by atoms with Crippen LogP contribution in [0.2, 0.25) is 0 Å². The first kappa shape index (κ1) is 12.9. The molecule has 0 bridgehead atoms. The smallest absolute Gasteiger partial charge is 0.0234 e. The summed E-state index contributed by atoms with van der Waals surface area (Å²) in [5.41, 5.74) is 0.621. The molecule has 0 N–H and O–H groups in total. The minimum Gasteiger partial charge on any atom is -0.303 e. The van der Waals surface area contributed by atoms with E-state index in [1.54, 1.807) is 0 Å². The normalized spacial score (nSPS) is 29.5. The Morgan fingerprint density at radius 2 is 1.78 bits per heavy atom. The molecule has 0 amide bonds. The van der Waals surface area contributed by atoms with E-state index in [0.29, 0.717) is 5.54 Å². The molecule has 0 aromatic heterocycles. The molecule has 3 rings (SSSR count). The van der Waals surface area contributed by atoms with Crippen molar-refractivity contribution in [2.45, 2.75) is 57.9 Å². The van der Waals surface area contributed by atoms with Crippen LogP contribution in [0.4, 0.5) is 0 Å². The number of hydrogen-bond acceptors (Lipinski definition) is 2. The molecule has 2 heteroatoms. The Bertz CT molecular complexity index is 275. The average Bonchev–Trinajstić information content (AvgIpc) is 3.06. The summed E-state index contributed by atoms with van der Waals surface area (Å²) in [6.45, 7) is 11.5. The van der Waals surface area contributed by atoms with Crippen LogP contribution in [-0.4, -0.2) is 48.1 Å². The van der Waals surface area contributed by atoms with Crippen LogP contribution in [-0.2, 0) is 0 Å². The Labute approximate surface area is 113 Å². The third-order valence-electron chi connectivity index (χ3n) is 5.33. The second-order valence-corrected chi connectivity index (χ2v) is 7.41. The largest absolute Gasteiger partial charge is 0.303 e. The van der Waals surface area contributed by atoms with Crippen LogP contribution in [0.3, 0.4) is 0 Å². The second kappa shape index (κ2) is 5.13. The maximum atomic E-state index is 2.89. The molecule has 0 atom stereocenters. The van der Waals surface area contributed by atoms with Gasteiger partial charge in [0, 0.05) is 18.6 Å². The van der Waals surface area contributed by atoms with Crippen molar-refractivity contribution in [2.24, 2.45) is 11.8 Å². The molecule has 2 aliphatic heterocycles. The molecule has 1 spiro atoms. The highest BCUT2D eigenvalue weighted by molar-refractivity contribution is 5.00. The van der Waals surface area contributed by atoms with Crippen molar-refractivity contribution in [1.82, 2.24) is 9.80 Å². The van der Waals surface area contributed by atoms with Gasteiger partial charge in [0.1, 0.15) is 0 Å². The highest BCUT2D eigenvalue weighted by atomic mass is 15.3. The molecule has 0 aromatic rings. The lowest BCUT2D eigenvalue weighted by atomic mass is 9.84. The minimum atomic E-state index is 0.621. The molecule has 1 aliphatic carbocycles. The molecule has 2 saturated heterocycles. The molecule has 3 fully saturated rings. The van der Waals surface area contributed by atoms with Gasteiger partial charge in [-0.2, -0.15) is 0 Å². The van der Waals surface area contributed by atoms with E-state index in [9.17, 15) is 0 Å². The van der Waals surface area contributed by atoms with Gasteiger partial charge in [-0.1, -0.05) is 13.8 Å².